The Morgan fingerprint density at radius 3 is 2.45 bits per heavy atom. The molecule has 1 heterocycles. The Kier molecular flexibility index (Phi) is 5.06. The van der Waals surface area contributed by atoms with Gasteiger partial charge in [-0.05, 0) is 45.7 Å². The van der Waals surface area contributed by atoms with Gasteiger partial charge < -0.3 is 15.0 Å². The van der Waals surface area contributed by atoms with Crippen LogP contribution in [0.5, 0.6) is 0 Å². The molecule has 3 heteroatoms. The number of ether oxygens (including phenoxy) is 1. The van der Waals surface area contributed by atoms with Crippen LogP contribution in [0.15, 0.2) is 30.3 Å². The highest BCUT2D eigenvalue weighted by Crippen LogP contribution is 2.22. The van der Waals surface area contributed by atoms with Gasteiger partial charge >= 0.3 is 0 Å². The van der Waals surface area contributed by atoms with E-state index in [0.29, 0.717) is 12.2 Å². The smallest absolute Gasteiger partial charge is 0.0755 e. The zero-order chi connectivity index (χ0) is 14.6. The van der Waals surface area contributed by atoms with Crippen LogP contribution in [0, 0.1) is 0 Å². The molecular weight excluding hydrogens is 248 g/mol. The van der Waals surface area contributed by atoms with E-state index in [1.807, 2.05) is 0 Å². The third-order valence-corrected chi connectivity index (χ3v) is 3.73. The lowest BCUT2D eigenvalue weighted by molar-refractivity contribution is 0.0465. The van der Waals surface area contributed by atoms with Crippen LogP contribution in [0.25, 0.3) is 0 Å². The van der Waals surface area contributed by atoms with Crippen LogP contribution < -0.4 is 10.2 Å². The van der Waals surface area contributed by atoms with Crippen LogP contribution >= 0.6 is 0 Å². The van der Waals surface area contributed by atoms with E-state index in [1.165, 1.54) is 5.69 Å². The summed E-state index contributed by atoms with van der Waals surface area (Å²) in [6.45, 7) is 8.51. The molecule has 2 atom stereocenters. The molecule has 2 unspecified atom stereocenters. The second-order valence-electron chi connectivity index (χ2n) is 6.80. The fourth-order valence-corrected chi connectivity index (χ4v) is 2.58. The van der Waals surface area contributed by atoms with Crippen molar-refractivity contribution < 1.29 is 4.74 Å². The predicted molar refractivity (Wildman–Crippen MR) is 85.4 cm³/mol. The fourth-order valence-electron chi connectivity index (χ4n) is 2.58. The van der Waals surface area contributed by atoms with Crippen LogP contribution in [0.3, 0.4) is 0 Å². The minimum absolute atomic E-state index is 0.169. The molecular formula is C17H28N2O. The van der Waals surface area contributed by atoms with Crippen molar-refractivity contribution in [3.8, 4) is 0 Å². The van der Waals surface area contributed by atoms with E-state index in [-0.39, 0.29) is 5.54 Å². The van der Waals surface area contributed by atoms with Gasteiger partial charge in [-0.2, -0.15) is 0 Å². The lowest BCUT2D eigenvalue weighted by Gasteiger charge is -2.25. The molecule has 0 amide bonds. The maximum Gasteiger partial charge on any atom is 0.0755 e. The molecule has 1 aromatic rings. The van der Waals surface area contributed by atoms with Crippen molar-refractivity contribution in [3.05, 3.63) is 30.3 Å². The molecule has 1 saturated heterocycles. The van der Waals surface area contributed by atoms with Crippen LogP contribution in [-0.2, 0) is 4.74 Å². The number of rotatable bonds is 5. The van der Waals surface area contributed by atoms with Gasteiger partial charge in [0.2, 0.25) is 0 Å². The molecule has 1 aromatic carbocycles. The van der Waals surface area contributed by atoms with Gasteiger partial charge in [0.1, 0.15) is 0 Å². The third kappa shape index (κ3) is 4.80. The largest absolute Gasteiger partial charge is 0.372 e. The maximum atomic E-state index is 6.14. The summed E-state index contributed by atoms with van der Waals surface area (Å²) in [6.07, 6.45) is 3.04. The molecule has 1 aliphatic rings. The van der Waals surface area contributed by atoms with Crippen molar-refractivity contribution in [2.75, 3.05) is 25.0 Å². The number of anilines is 1. The summed E-state index contributed by atoms with van der Waals surface area (Å²) in [6, 6.07) is 10.5. The molecule has 112 valence electrons. The van der Waals surface area contributed by atoms with E-state index < -0.39 is 0 Å². The van der Waals surface area contributed by atoms with Gasteiger partial charge in [0.15, 0.2) is 0 Å². The first-order valence-electron chi connectivity index (χ1n) is 7.61. The van der Waals surface area contributed by atoms with Gasteiger partial charge in [-0.25, -0.2) is 0 Å². The van der Waals surface area contributed by atoms with Gasteiger partial charge in [-0.15, -0.1) is 0 Å². The van der Waals surface area contributed by atoms with Crippen LogP contribution in [-0.4, -0.2) is 37.9 Å². The number of para-hydroxylation sites is 1. The summed E-state index contributed by atoms with van der Waals surface area (Å²) in [7, 11) is 2.14. The molecule has 0 aliphatic carbocycles. The van der Waals surface area contributed by atoms with E-state index in [4.69, 9.17) is 4.74 Å². The summed E-state index contributed by atoms with van der Waals surface area (Å²) < 4.78 is 6.14. The van der Waals surface area contributed by atoms with E-state index in [2.05, 4.69) is 68.4 Å². The average molecular weight is 276 g/mol. The third-order valence-electron chi connectivity index (χ3n) is 3.73. The van der Waals surface area contributed by atoms with Crippen molar-refractivity contribution in [2.24, 2.45) is 0 Å². The normalized spacial score (nSPS) is 23.0. The Hall–Kier alpha value is -1.06. The second-order valence-corrected chi connectivity index (χ2v) is 6.80. The minimum Gasteiger partial charge on any atom is -0.372 e. The molecule has 2 rings (SSSR count). The highest BCUT2D eigenvalue weighted by atomic mass is 16.5. The van der Waals surface area contributed by atoms with E-state index >= 15 is 0 Å². The summed E-state index contributed by atoms with van der Waals surface area (Å²) in [5, 5.41) is 3.53. The van der Waals surface area contributed by atoms with Gasteiger partial charge in [0.25, 0.3) is 0 Å². The van der Waals surface area contributed by atoms with Gasteiger partial charge in [-0.1, -0.05) is 18.2 Å². The highest BCUT2D eigenvalue weighted by Gasteiger charge is 2.27. The van der Waals surface area contributed by atoms with Crippen molar-refractivity contribution in [1.82, 2.24) is 5.32 Å². The van der Waals surface area contributed by atoms with E-state index in [0.717, 1.165) is 25.9 Å². The number of benzene rings is 1. The molecule has 1 N–H and O–H groups in total. The Bertz CT molecular complexity index is 399. The average Bonchev–Trinajstić information content (AvgIpc) is 2.84. The van der Waals surface area contributed by atoms with Crippen molar-refractivity contribution in [3.63, 3.8) is 0 Å². The number of nitrogens with one attached hydrogen (secondary N) is 1. The summed E-state index contributed by atoms with van der Waals surface area (Å²) in [5.74, 6) is 0. The zero-order valence-electron chi connectivity index (χ0n) is 13.2. The van der Waals surface area contributed by atoms with Gasteiger partial charge in [-0.3, -0.25) is 0 Å². The lowest BCUT2D eigenvalue weighted by atomic mass is 10.1. The summed E-state index contributed by atoms with van der Waals surface area (Å²) >= 11 is 0. The van der Waals surface area contributed by atoms with Crippen molar-refractivity contribution in [1.29, 1.82) is 0 Å². The monoisotopic (exact) mass is 276 g/mol. The molecule has 1 fully saturated rings. The molecule has 0 spiro atoms. The van der Waals surface area contributed by atoms with E-state index in [1.54, 1.807) is 0 Å². The van der Waals surface area contributed by atoms with Crippen LogP contribution in [0.1, 0.15) is 33.6 Å². The number of hydrogen-bond donors (Lipinski definition) is 1. The molecule has 0 bridgehead atoms. The minimum atomic E-state index is 0.169. The molecule has 20 heavy (non-hydrogen) atoms. The van der Waals surface area contributed by atoms with Crippen molar-refractivity contribution in [2.45, 2.75) is 51.4 Å². The van der Waals surface area contributed by atoms with E-state index in [9.17, 15) is 0 Å². The number of nitrogens with zero attached hydrogens (tertiary/aromatic N) is 1. The Balaban J connectivity index is 1.76. The number of likely N-dealkylation sites (N-methyl/N-ethyl adjacent to an activating group) is 1. The molecule has 0 aromatic heterocycles. The second kappa shape index (κ2) is 6.59. The maximum absolute atomic E-state index is 6.14. The summed E-state index contributed by atoms with van der Waals surface area (Å²) in [4.78, 5) is 2.28. The molecule has 1 aliphatic heterocycles. The standard InChI is InChI=1S/C17H28N2O/c1-17(2,3)18-12-15-10-11-16(20-15)13-19(4)14-8-6-5-7-9-14/h5-9,15-16,18H,10-13H2,1-4H3. The zero-order valence-corrected chi connectivity index (χ0v) is 13.2. The van der Waals surface area contributed by atoms with Gasteiger partial charge in [0, 0.05) is 31.4 Å². The highest BCUT2D eigenvalue weighted by molar-refractivity contribution is 5.45. The quantitative estimate of drug-likeness (QED) is 0.894. The Labute approximate surface area is 123 Å². The predicted octanol–water partition coefficient (Wildman–Crippen LogP) is 3.06. The Morgan fingerprint density at radius 2 is 1.80 bits per heavy atom. The van der Waals surface area contributed by atoms with Gasteiger partial charge in [0.05, 0.1) is 12.2 Å². The number of hydrogen-bond acceptors (Lipinski definition) is 3. The van der Waals surface area contributed by atoms with Crippen LogP contribution in [0.4, 0.5) is 5.69 Å². The first-order valence-corrected chi connectivity index (χ1v) is 7.61. The molecule has 0 radical (unpaired) electrons. The van der Waals surface area contributed by atoms with Crippen molar-refractivity contribution >= 4 is 5.69 Å². The Morgan fingerprint density at radius 1 is 1.15 bits per heavy atom. The molecule has 3 nitrogen and oxygen atoms in total. The van der Waals surface area contributed by atoms with Crippen LogP contribution in [0.2, 0.25) is 0 Å². The fraction of sp³-hybridized carbons (Fsp3) is 0.647. The topological polar surface area (TPSA) is 24.5 Å². The first-order chi connectivity index (χ1) is 9.44. The SMILES string of the molecule is CN(CC1CCC(CNC(C)(C)C)O1)c1ccccc1. The first kappa shape index (κ1) is 15.3. The molecule has 0 saturated carbocycles. The summed E-state index contributed by atoms with van der Waals surface area (Å²) in [5.41, 5.74) is 1.43. The lowest BCUT2D eigenvalue weighted by Crippen LogP contribution is -2.41.